The number of nitrogens with zero attached hydrogens (tertiary/aromatic N) is 3. The molecule has 210 valence electrons. The van der Waals surface area contributed by atoms with Crippen molar-refractivity contribution in [3.05, 3.63) is 60.2 Å². The van der Waals surface area contributed by atoms with Crippen molar-refractivity contribution in [3.8, 4) is 0 Å². The first kappa shape index (κ1) is 30.3. The lowest BCUT2D eigenvalue weighted by atomic mass is 10.1. The average Bonchev–Trinajstić information content (AvgIpc) is 3.07. The van der Waals surface area contributed by atoms with Crippen LogP contribution in [-0.4, -0.2) is 88.4 Å². The lowest BCUT2D eigenvalue weighted by Crippen LogP contribution is -2.40. The van der Waals surface area contributed by atoms with E-state index in [1.807, 2.05) is 12.1 Å². The quantitative estimate of drug-likeness (QED) is 0.347. The highest BCUT2D eigenvalue weighted by atomic mass is 32.2. The zero-order valence-corrected chi connectivity index (χ0v) is 24.4. The van der Waals surface area contributed by atoms with Crippen LogP contribution >= 0.6 is 0 Å². The van der Waals surface area contributed by atoms with E-state index in [0.29, 0.717) is 37.0 Å². The van der Waals surface area contributed by atoms with Crippen molar-refractivity contribution in [1.82, 2.24) is 14.1 Å². The van der Waals surface area contributed by atoms with Gasteiger partial charge in [-0.15, -0.1) is 0 Å². The first-order valence-electron chi connectivity index (χ1n) is 13.4. The summed E-state index contributed by atoms with van der Waals surface area (Å²) >= 11 is 0. The molecule has 1 aliphatic heterocycles. The second kappa shape index (κ2) is 13.7. The van der Waals surface area contributed by atoms with Gasteiger partial charge in [0.15, 0.2) is 9.84 Å². The van der Waals surface area contributed by atoms with Crippen LogP contribution in [0.2, 0.25) is 0 Å². The van der Waals surface area contributed by atoms with Crippen molar-refractivity contribution in [1.29, 1.82) is 0 Å². The zero-order valence-electron chi connectivity index (χ0n) is 22.8. The number of carbonyl (C=O) groups is 1. The molecule has 0 bridgehead atoms. The van der Waals surface area contributed by atoms with Gasteiger partial charge in [-0.3, -0.25) is 4.79 Å². The summed E-state index contributed by atoms with van der Waals surface area (Å²) in [7, 11) is -6.88. The van der Waals surface area contributed by atoms with Crippen LogP contribution < -0.4 is 0 Å². The van der Waals surface area contributed by atoms with Crippen molar-refractivity contribution < 1.29 is 21.6 Å². The Morgan fingerprint density at radius 3 is 2.21 bits per heavy atom. The van der Waals surface area contributed by atoms with Crippen molar-refractivity contribution in [2.24, 2.45) is 0 Å². The van der Waals surface area contributed by atoms with Gasteiger partial charge in [0.25, 0.3) is 0 Å². The Morgan fingerprint density at radius 2 is 1.58 bits per heavy atom. The van der Waals surface area contributed by atoms with Crippen molar-refractivity contribution in [3.63, 3.8) is 0 Å². The summed E-state index contributed by atoms with van der Waals surface area (Å²) in [6.07, 6.45) is 5.50. The minimum Gasteiger partial charge on any atom is -0.342 e. The molecule has 38 heavy (non-hydrogen) atoms. The Hall–Kier alpha value is -2.27. The Labute approximate surface area is 228 Å². The van der Waals surface area contributed by atoms with Gasteiger partial charge in [-0.25, -0.2) is 16.8 Å². The summed E-state index contributed by atoms with van der Waals surface area (Å²) in [6.45, 7) is 7.65. The smallest absolute Gasteiger partial charge is 0.243 e. The van der Waals surface area contributed by atoms with E-state index in [-0.39, 0.29) is 17.3 Å². The summed E-state index contributed by atoms with van der Waals surface area (Å²) < 4.78 is 50.7. The van der Waals surface area contributed by atoms with Gasteiger partial charge in [0.05, 0.1) is 16.3 Å². The summed E-state index contributed by atoms with van der Waals surface area (Å²) in [5.41, 5.74) is 1.11. The molecule has 0 spiro atoms. The van der Waals surface area contributed by atoms with Crippen molar-refractivity contribution >= 4 is 25.8 Å². The SMILES string of the molecule is CCCN(CCCCN1CCCN(S(=O)(=O)c2ccccc2)CC1=O)C(C)Cc1ccc(S(C)(=O)=O)cc1. The normalized spacial score (nSPS) is 16.5. The molecule has 1 fully saturated rings. The zero-order chi connectivity index (χ0) is 27.8. The maximum absolute atomic E-state index is 13.0. The standard InChI is InChI=1S/C28H41N3O5S2/c1-4-17-29(24(2)22-25-13-15-26(16-14-25)37(3,33)34)18-8-9-19-30-20-10-21-31(23-28(30)32)38(35,36)27-11-6-5-7-12-27/h5-7,11-16,24H,4,8-10,17-23H2,1-3H3. The van der Waals surface area contributed by atoms with E-state index in [4.69, 9.17) is 0 Å². The van der Waals surface area contributed by atoms with Gasteiger partial charge in [0.1, 0.15) is 0 Å². The molecule has 2 aromatic carbocycles. The van der Waals surface area contributed by atoms with Gasteiger partial charge < -0.3 is 9.80 Å². The van der Waals surface area contributed by atoms with Crippen LogP contribution in [0.15, 0.2) is 64.4 Å². The monoisotopic (exact) mass is 563 g/mol. The molecule has 1 heterocycles. The predicted octanol–water partition coefficient (Wildman–Crippen LogP) is 3.44. The van der Waals surface area contributed by atoms with Crippen LogP contribution in [0, 0.1) is 0 Å². The van der Waals surface area contributed by atoms with Crippen LogP contribution in [0.25, 0.3) is 0 Å². The summed E-state index contributed by atoms with van der Waals surface area (Å²) in [4.78, 5) is 17.7. The lowest BCUT2D eigenvalue weighted by Gasteiger charge is -2.29. The second-order valence-electron chi connectivity index (χ2n) is 10.1. The molecule has 0 saturated carbocycles. The topological polar surface area (TPSA) is 95.1 Å². The molecule has 1 atom stereocenters. The molecular formula is C28H41N3O5S2. The fourth-order valence-electron chi connectivity index (χ4n) is 4.88. The maximum Gasteiger partial charge on any atom is 0.243 e. The number of sulfonamides is 1. The van der Waals surface area contributed by atoms with Crippen LogP contribution in [0.5, 0.6) is 0 Å². The molecule has 0 aliphatic carbocycles. The summed E-state index contributed by atoms with van der Waals surface area (Å²) in [5.74, 6) is -0.140. The van der Waals surface area contributed by atoms with E-state index in [1.54, 1.807) is 47.4 Å². The van der Waals surface area contributed by atoms with E-state index in [1.165, 1.54) is 10.6 Å². The molecule has 0 aromatic heterocycles. The third-order valence-corrected chi connectivity index (χ3v) is 10.0. The van der Waals surface area contributed by atoms with E-state index in [0.717, 1.165) is 44.3 Å². The molecule has 10 heteroatoms. The Morgan fingerprint density at radius 1 is 0.895 bits per heavy atom. The summed E-state index contributed by atoms with van der Waals surface area (Å²) in [6, 6.07) is 15.7. The van der Waals surface area contributed by atoms with Crippen LogP contribution in [0.4, 0.5) is 0 Å². The molecular weight excluding hydrogens is 522 g/mol. The van der Waals surface area contributed by atoms with E-state index in [9.17, 15) is 21.6 Å². The molecule has 1 saturated heterocycles. The fourth-order valence-corrected chi connectivity index (χ4v) is 6.96. The maximum atomic E-state index is 13.0. The third kappa shape index (κ3) is 8.36. The predicted molar refractivity (Wildman–Crippen MR) is 150 cm³/mol. The first-order chi connectivity index (χ1) is 18.0. The Balaban J connectivity index is 1.49. The van der Waals surface area contributed by atoms with Crippen LogP contribution in [-0.2, 0) is 31.1 Å². The number of carbonyl (C=O) groups excluding carboxylic acids is 1. The molecule has 8 nitrogen and oxygen atoms in total. The van der Waals surface area contributed by atoms with E-state index >= 15 is 0 Å². The summed E-state index contributed by atoms with van der Waals surface area (Å²) in [5, 5.41) is 0. The van der Waals surface area contributed by atoms with Gasteiger partial charge in [-0.1, -0.05) is 37.3 Å². The van der Waals surface area contributed by atoms with E-state index in [2.05, 4.69) is 18.7 Å². The third-order valence-electron chi connectivity index (χ3n) is 7.02. The van der Waals surface area contributed by atoms with Gasteiger partial charge in [0.2, 0.25) is 15.9 Å². The number of rotatable bonds is 13. The molecule has 1 amide bonds. The second-order valence-corrected chi connectivity index (χ2v) is 14.1. The number of sulfone groups is 1. The van der Waals surface area contributed by atoms with Gasteiger partial charge in [0, 0.05) is 31.9 Å². The highest BCUT2D eigenvalue weighted by Gasteiger charge is 2.30. The number of unbranched alkanes of at least 4 members (excludes halogenated alkanes) is 1. The number of amides is 1. The molecule has 3 rings (SSSR count). The van der Waals surface area contributed by atoms with Gasteiger partial charge in [-0.2, -0.15) is 4.31 Å². The van der Waals surface area contributed by atoms with Crippen molar-refractivity contribution in [2.45, 2.75) is 61.8 Å². The fraction of sp³-hybridized carbons (Fsp3) is 0.536. The number of hydrogen-bond donors (Lipinski definition) is 0. The molecule has 1 unspecified atom stereocenters. The number of hydrogen-bond acceptors (Lipinski definition) is 6. The first-order valence-corrected chi connectivity index (χ1v) is 16.7. The average molecular weight is 564 g/mol. The largest absolute Gasteiger partial charge is 0.342 e. The minimum absolute atomic E-state index is 0.117. The van der Waals surface area contributed by atoms with E-state index < -0.39 is 19.9 Å². The highest BCUT2D eigenvalue weighted by molar-refractivity contribution is 7.90. The Kier molecular flexibility index (Phi) is 10.9. The minimum atomic E-state index is -3.68. The molecule has 0 N–H and O–H groups in total. The van der Waals surface area contributed by atoms with Gasteiger partial charge >= 0.3 is 0 Å². The van der Waals surface area contributed by atoms with Crippen molar-refractivity contribution in [2.75, 3.05) is 45.5 Å². The highest BCUT2D eigenvalue weighted by Crippen LogP contribution is 2.19. The number of benzene rings is 2. The Bertz CT molecular complexity index is 1250. The lowest BCUT2D eigenvalue weighted by molar-refractivity contribution is -0.130. The van der Waals surface area contributed by atoms with Crippen LogP contribution in [0.1, 0.15) is 45.1 Å². The molecule has 0 radical (unpaired) electrons. The van der Waals surface area contributed by atoms with Crippen LogP contribution in [0.3, 0.4) is 0 Å². The van der Waals surface area contributed by atoms with Gasteiger partial charge in [-0.05, 0) is 81.9 Å². The molecule has 2 aromatic rings. The molecule has 1 aliphatic rings.